The first kappa shape index (κ1) is 19.2. The Labute approximate surface area is 154 Å². The SMILES string of the molecule is CCNC(=NCc1sc(C)nc1C)NCCOc1cc(C)cc(C)c1. The van der Waals surface area contributed by atoms with Gasteiger partial charge >= 0.3 is 0 Å². The molecule has 0 saturated carbocycles. The first-order chi connectivity index (χ1) is 12.0. The highest BCUT2D eigenvalue weighted by Gasteiger charge is 2.05. The molecule has 0 spiro atoms. The van der Waals surface area contributed by atoms with E-state index in [4.69, 9.17) is 4.74 Å². The fourth-order valence-corrected chi connectivity index (χ4v) is 3.43. The highest BCUT2D eigenvalue weighted by Crippen LogP contribution is 2.18. The summed E-state index contributed by atoms with van der Waals surface area (Å²) in [6.07, 6.45) is 0. The Balaban J connectivity index is 1.84. The van der Waals surface area contributed by atoms with E-state index >= 15 is 0 Å². The second kappa shape index (κ2) is 9.42. The third kappa shape index (κ3) is 6.38. The predicted octanol–water partition coefficient (Wildman–Crippen LogP) is 3.51. The topological polar surface area (TPSA) is 58.5 Å². The lowest BCUT2D eigenvalue weighted by molar-refractivity contribution is 0.321. The molecule has 2 rings (SSSR count). The van der Waals surface area contributed by atoms with Gasteiger partial charge in [0.2, 0.25) is 0 Å². The molecule has 6 heteroatoms. The van der Waals surface area contributed by atoms with Crippen molar-refractivity contribution in [2.24, 2.45) is 4.99 Å². The fourth-order valence-electron chi connectivity index (χ4n) is 2.57. The summed E-state index contributed by atoms with van der Waals surface area (Å²) < 4.78 is 5.83. The second-order valence-electron chi connectivity index (χ2n) is 6.04. The maximum absolute atomic E-state index is 5.83. The van der Waals surface area contributed by atoms with E-state index in [0.717, 1.165) is 29.0 Å². The lowest BCUT2D eigenvalue weighted by Gasteiger charge is -2.12. The molecule has 2 N–H and O–H groups in total. The summed E-state index contributed by atoms with van der Waals surface area (Å²) in [6, 6.07) is 6.26. The van der Waals surface area contributed by atoms with Gasteiger partial charge in [0.05, 0.1) is 23.8 Å². The molecule has 0 aliphatic heterocycles. The van der Waals surface area contributed by atoms with Gasteiger partial charge in [-0.2, -0.15) is 0 Å². The van der Waals surface area contributed by atoms with Crippen LogP contribution in [-0.4, -0.2) is 30.6 Å². The Morgan fingerprint density at radius 2 is 1.84 bits per heavy atom. The number of aliphatic imine (C=N–C) groups is 1. The minimum atomic E-state index is 0.589. The number of nitrogens with zero attached hydrogens (tertiary/aromatic N) is 2. The Bertz CT molecular complexity index is 704. The summed E-state index contributed by atoms with van der Waals surface area (Å²) in [6.45, 7) is 13.0. The summed E-state index contributed by atoms with van der Waals surface area (Å²) in [5.41, 5.74) is 3.50. The zero-order valence-corrected chi connectivity index (χ0v) is 16.6. The highest BCUT2D eigenvalue weighted by atomic mass is 32.1. The van der Waals surface area contributed by atoms with Crippen molar-refractivity contribution < 1.29 is 4.74 Å². The van der Waals surface area contributed by atoms with Gasteiger partial charge in [0.25, 0.3) is 0 Å². The molecule has 5 nitrogen and oxygen atoms in total. The van der Waals surface area contributed by atoms with Crippen molar-refractivity contribution in [2.45, 2.75) is 41.2 Å². The quantitative estimate of drug-likeness (QED) is 0.451. The maximum atomic E-state index is 5.83. The number of benzene rings is 1. The first-order valence-corrected chi connectivity index (χ1v) is 9.45. The van der Waals surface area contributed by atoms with Crippen molar-refractivity contribution in [3.63, 3.8) is 0 Å². The molecule has 0 fully saturated rings. The Morgan fingerprint density at radius 3 is 2.44 bits per heavy atom. The molecule has 1 aromatic heterocycles. The average molecular weight is 361 g/mol. The Hall–Kier alpha value is -2.08. The van der Waals surface area contributed by atoms with Crippen LogP contribution >= 0.6 is 11.3 Å². The molecule has 1 aromatic carbocycles. The number of thiazole rings is 1. The van der Waals surface area contributed by atoms with Gasteiger partial charge in [0.15, 0.2) is 5.96 Å². The molecule has 0 bridgehead atoms. The van der Waals surface area contributed by atoms with Gasteiger partial charge in [0, 0.05) is 11.4 Å². The first-order valence-electron chi connectivity index (χ1n) is 8.64. The van der Waals surface area contributed by atoms with Crippen LogP contribution in [0, 0.1) is 27.7 Å². The molecule has 1 heterocycles. The molecule has 136 valence electrons. The van der Waals surface area contributed by atoms with Crippen molar-refractivity contribution in [3.8, 4) is 5.75 Å². The fraction of sp³-hybridized carbons (Fsp3) is 0.474. The van der Waals surface area contributed by atoms with Crippen molar-refractivity contribution in [3.05, 3.63) is 44.9 Å². The third-order valence-corrected chi connectivity index (χ3v) is 4.64. The van der Waals surface area contributed by atoms with Gasteiger partial charge in [0.1, 0.15) is 12.4 Å². The molecule has 0 saturated heterocycles. The normalized spacial score (nSPS) is 11.5. The van der Waals surface area contributed by atoms with Crippen molar-refractivity contribution >= 4 is 17.3 Å². The van der Waals surface area contributed by atoms with Crippen LogP contribution in [0.2, 0.25) is 0 Å². The van der Waals surface area contributed by atoms with Crippen LogP contribution in [0.4, 0.5) is 0 Å². The van der Waals surface area contributed by atoms with E-state index in [1.807, 2.05) is 13.8 Å². The van der Waals surface area contributed by atoms with Crippen LogP contribution in [-0.2, 0) is 6.54 Å². The highest BCUT2D eigenvalue weighted by molar-refractivity contribution is 7.11. The van der Waals surface area contributed by atoms with Crippen LogP contribution in [0.15, 0.2) is 23.2 Å². The molecule has 0 unspecified atom stereocenters. The summed E-state index contributed by atoms with van der Waals surface area (Å²) in [7, 11) is 0. The van der Waals surface area contributed by atoms with E-state index in [-0.39, 0.29) is 0 Å². The molecule has 25 heavy (non-hydrogen) atoms. The van der Waals surface area contributed by atoms with E-state index in [9.17, 15) is 0 Å². The third-order valence-electron chi connectivity index (χ3n) is 3.58. The molecular weight excluding hydrogens is 332 g/mol. The smallest absolute Gasteiger partial charge is 0.191 e. The molecule has 2 aromatic rings. The van der Waals surface area contributed by atoms with Crippen LogP contribution in [0.3, 0.4) is 0 Å². The predicted molar refractivity (Wildman–Crippen MR) is 106 cm³/mol. The van der Waals surface area contributed by atoms with E-state index < -0.39 is 0 Å². The van der Waals surface area contributed by atoms with E-state index in [1.165, 1.54) is 16.0 Å². The number of rotatable bonds is 7. The number of aromatic nitrogens is 1. The van der Waals surface area contributed by atoms with Gasteiger partial charge in [-0.05, 0) is 57.9 Å². The molecule has 0 radical (unpaired) electrons. The number of hydrogen-bond acceptors (Lipinski definition) is 4. The van der Waals surface area contributed by atoms with Crippen molar-refractivity contribution in [1.29, 1.82) is 0 Å². The second-order valence-corrected chi connectivity index (χ2v) is 7.32. The van der Waals surface area contributed by atoms with Gasteiger partial charge in [-0.25, -0.2) is 9.98 Å². The van der Waals surface area contributed by atoms with Crippen molar-refractivity contribution in [2.75, 3.05) is 19.7 Å². The van der Waals surface area contributed by atoms with Gasteiger partial charge in [-0.15, -0.1) is 11.3 Å². The molecular formula is C19H28N4OS. The number of hydrogen-bond donors (Lipinski definition) is 2. The van der Waals surface area contributed by atoms with E-state index in [1.54, 1.807) is 11.3 Å². The zero-order valence-electron chi connectivity index (χ0n) is 15.8. The Kier molecular flexibility index (Phi) is 7.25. The minimum absolute atomic E-state index is 0.589. The summed E-state index contributed by atoms with van der Waals surface area (Å²) in [5.74, 6) is 1.72. The zero-order chi connectivity index (χ0) is 18.2. The maximum Gasteiger partial charge on any atom is 0.191 e. The number of aryl methyl sites for hydroxylation is 4. The number of nitrogens with one attached hydrogen (secondary N) is 2. The standard InChI is InChI=1S/C19H28N4OS/c1-6-20-19(22-12-18-15(4)23-16(5)25-18)21-7-8-24-17-10-13(2)9-14(3)11-17/h9-11H,6-8,12H2,1-5H3,(H2,20,21,22). The molecule has 0 amide bonds. The van der Waals surface area contributed by atoms with Crippen LogP contribution in [0.1, 0.15) is 33.6 Å². The monoisotopic (exact) mass is 360 g/mol. The van der Waals surface area contributed by atoms with E-state index in [0.29, 0.717) is 19.7 Å². The lowest BCUT2D eigenvalue weighted by atomic mass is 10.1. The molecule has 0 aliphatic rings. The van der Waals surface area contributed by atoms with Gasteiger partial charge < -0.3 is 15.4 Å². The van der Waals surface area contributed by atoms with Crippen molar-refractivity contribution in [1.82, 2.24) is 15.6 Å². The largest absolute Gasteiger partial charge is 0.492 e. The van der Waals surface area contributed by atoms with Crippen LogP contribution in [0.25, 0.3) is 0 Å². The summed E-state index contributed by atoms with van der Waals surface area (Å²) in [5, 5.41) is 7.66. The minimum Gasteiger partial charge on any atom is -0.492 e. The molecule has 0 atom stereocenters. The molecule has 0 aliphatic carbocycles. The number of guanidine groups is 1. The van der Waals surface area contributed by atoms with Crippen LogP contribution < -0.4 is 15.4 Å². The van der Waals surface area contributed by atoms with Gasteiger partial charge in [-0.3, -0.25) is 0 Å². The van der Waals surface area contributed by atoms with E-state index in [2.05, 4.69) is 59.6 Å². The lowest BCUT2D eigenvalue weighted by Crippen LogP contribution is -2.39. The average Bonchev–Trinajstić information content (AvgIpc) is 2.86. The van der Waals surface area contributed by atoms with Crippen LogP contribution in [0.5, 0.6) is 5.75 Å². The summed E-state index contributed by atoms with van der Waals surface area (Å²) in [4.78, 5) is 10.3. The number of ether oxygens (including phenoxy) is 1. The van der Waals surface area contributed by atoms with Gasteiger partial charge in [-0.1, -0.05) is 6.07 Å². The summed E-state index contributed by atoms with van der Waals surface area (Å²) >= 11 is 1.70. The Morgan fingerprint density at radius 1 is 1.12 bits per heavy atom.